The number of unbranched alkanes of at least 4 members (excludes halogenated alkanes) is 7. The maximum absolute atomic E-state index is 6.94. The van der Waals surface area contributed by atoms with Gasteiger partial charge in [-0.05, 0) is 18.0 Å². The van der Waals surface area contributed by atoms with E-state index >= 15 is 0 Å². The zero-order chi connectivity index (χ0) is 15.6. The fraction of sp³-hybridized carbons (Fsp3) is 0.684. The molecule has 1 atom stereocenters. The molecule has 1 unspecified atom stereocenters. The Morgan fingerprint density at radius 3 is 1.86 bits per heavy atom. The first kappa shape index (κ1) is 21.8. The Bertz CT molecular complexity index is 367. The van der Waals surface area contributed by atoms with Gasteiger partial charge in [0.25, 0.3) is 0 Å². The summed E-state index contributed by atoms with van der Waals surface area (Å²) in [5.74, 6) is 0. The third-order valence-corrected chi connectivity index (χ3v) is 5.18. The topological polar surface area (TPSA) is 4.44 Å². The van der Waals surface area contributed by atoms with Crippen LogP contribution >= 0.6 is 11.6 Å². The second-order valence-corrected chi connectivity index (χ2v) is 7.04. The van der Waals surface area contributed by atoms with Gasteiger partial charge in [-0.1, -0.05) is 82.2 Å². The van der Waals surface area contributed by atoms with Crippen molar-refractivity contribution in [1.29, 1.82) is 0 Å². The molecule has 1 N–H and O–H groups in total. The molecule has 0 spiro atoms. The second kappa shape index (κ2) is 12.2. The lowest BCUT2D eigenvalue weighted by molar-refractivity contribution is -0.907. The molecule has 0 aliphatic rings. The van der Waals surface area contributed by atoms with Crippen LogP contribution in [0.1, 0.15) is 70.3 Å². The van der Waals surface area contributed by atoms with E-state index in [4.69, 9.17) is 11.6 Å². The van der Waals surface area contributed by atoms with Gasteiger partial charge in [0, 0.05) is 12.0 Å². The van der Waals surface area contributed by atoms with Crippen molar-refractivity contribution in [2.75, 3.05) is 14.1 Å². The van der Waals surface area contributed by atoms with E-state index in [1.165, 1.54) is 61.8 Å². The first-order valence-electron chi connectivity index (χ1n) is 8.66. The van der Waals surface area contributed by atoms with E-state index in [2.05, 4.69) is 51.4 Å². The molecule has 0 bridgehead atoms. The molecule has 3 heteroatoms. The van der Waals surface area contributed by atoms with Crippen LogP contribution in [0.3, 0.4) is 0 Å². The number of rotatable bonds is 11. The van der Waals surface area contributed by atoms with Crippen molar-refractivity contribution in [1.82, 2.24) is 0 Å². The molecule has 0 fully saturated rings. The standard InChI is InChI=1S/C19H32ClN.ClH/c1-4-5-6-7-8-9-10-14-17-19(20,21(2)3)18-15-12-11-13-16-18;/h11-13,15-16H,4-10,14,17H2,1-3H3;1H. The number of benzene rings is 1. The zero-order valence-electron chi connectivity index (χ0n) is 14.5. The van der Waals surface area contributed by atoms with E-state index in [1.807, 2.05) is 0 Å². The molecule has 0 saturated carbocycles. The summed E-state index contributed by atoms with van der Waals surface area (Å²) in [6.45, 7) is 2.27. The first-order chi connectivity index (χ1) is 10.1. The van der Waals surface area contributed by atoms with Gasteiger partial charge < -0.3 is 17.3 Å². The van der Waals surface area contributed by atoms with Crippen molar-refractivity contribution in [3.8, 4) is 0 Å². The van der Waals surface area contributed by atoms with Crippen molar-refractivity contribution in [2.45, 2.75) is 69.7 Å². The third-order valence-electron chi connectivity index (χ3n) is 4.40. The van der Waals surface area contributed by atoms with Gasteiger partial charge in [-0.15, -0.1) is 0 Å². The summed E-state index contributed by atoms with van der Waals surface area (Å²) in [6.07, 6.45) is 11.8. The van der Waals surface area contributed by atoms with Gasteiger partial charge in [0.15, 0.2) is 5.00 Å². The van der Waals surface area contributed by atoms with Crippen LogP contribution in [-0.4, -0.2) is 14.1 Å². The molecule has 1 nitrogen and oxygen atoms in total. The normalized spacial score (nSPS) is 13.7. The number of nitrogens with one attached hydrogen (secondary N) is 1. The molecule has 0 aliphatic heterocycles. The first-order valence-corrected chi connectivity index (χ1v) is 9.04. The number of hydrogen-bond donors (Lipinski definition) is 1. The molecular weight excluding hydrogens is 313 g/mol. The van der Waals surface area contributed by atoms with Crippen molar-refractivity contribution in [2.24, 2.45) is 0 Å². The number of quaternary nitrogens is 1. The van der Waals surface area contributed by atoms with Crippen LogP contribution in [0.15, 0.2) is 30.3 Å². The molecule has 0 amide bonds. The Labute approximate surface area is 148 Å². The second-order valence-electron chi connectivity index (χ2n) is 6.39. The molecule has 0 radical (unpaired) electrons. The summed E-state index contributed by atoms with van der Waals surface area (Å²) in [6, 6.07) is 10.5. The van der Waals surface area contributed by atoms with Crippen molar-refractivity contribution in [3.05, 3.63) is 35.9 Å². The Morgan fingerprint density at radius 2 is 1.36 bits per heavy atom. The van der Waals surface area contributed by atoms with E-state index in [-0.39, 0.29) is 17.4 Å². The molecule has 0 saturated heterocycles. The minimum absolute atomic E-state index is 0. The Kier molecular flexibility index (Phi) is 12.1. The van der Waals surface area contributed by atoms with Crippen molar-refractivity contribution in [3.63, 3.8) is 0 Å². The lowest BCUT2D eigenvalue weighted by Gasteiger charge is -2.31. The highest BCUT2D eigenvalue weighted by Crippen LogP contribution is 2.28. The fourth-order valence-corrected chi connectivity index (χ4v) is 3.15. The van der Waals surface area contributed by atoms with Crippen LogP contribution in [-0.2, 0) is 5.00 Å². The van der Waals surface area contributed by atoms with E-state index in [9.17, 15) is 0 Å². The smallest absolute Gasteiger partial charge is 0.198 e. The average molecular weight is 346 g/mol. The van der Waals surface area contributed by atoms with Gasteiger partial charge in [-0.2, -0.15) is 0 Å². The van der Waals surface area contributed by atoms with E-state index in [0.717, 1.165) is 6.42 Å². The number of alkyl halides is 1. The van der Waals surface area contributed by atoms with Gasteiger partial charge in [-0.3, -0.25) is 0 Å². The van der Waals surface area contributed by atoms with E-state index in [0.29, 0.717) is 0 Å². The molecule has 128 valence electrons. The maximum atomic E-state index is 6.94. The highest BCUT2D eigenvalue weighted by atomic mass is 35.5. The molecule has 22 heavy (non-hydrogen) atoms. The Morgan fingerprint density at radius 1 is 0.864 bits per heavy atom. The van der Waals surface area contributed by atoms with Gasteiger partial charge in [0.1, 0.15) is 0 Å². The van der Waals surface area contributed by atoms with Crippen LogP contribution in [0.5, 0.6) is 0 Å². The summed E-state index contributed by atoms with van der Waals surface area (Å²) >= 11 is 6.94. The van der Waals surface area contributed by atoms with Crippen LogP contribution in [0.2, 0.25) is 0 Å². The summed E-state index contributed by atoms with van der Waals surface area (Å²) in [5.41, 5.74) is 1.25. The molecule has 1 aromatic rings. The van der Waals surface area contributed by atoms with Gasteiger partial charge in [-0.25, -0.2) is 0 Å². The fourth-order valence-electron chi connectivity index (χ4n) is 2.89. The molecule has 0 heterocycles. The summed E-state index contributed by atoms with van der Waals surface area (Å²) in [4.78, 5) is 1.03. The molecule has 1 aromatic carbocycles. The predicted octanol–water partition coefficient (Wildman–Crippen LogP) is 1.76. The molecular formula is C19H33Cl2N. The Balaban J connectivity index is 0.00000441. The minimum atomic E-state index is -0.274. The van der Waals surface area contributed by atoms with Crippen LogP contribution in [0.4, 0.5) is 0 Å². The summed E-state index contributed by atoms with van der Waals surface area (Å²) in [5, 5.41) is 0. The largest absolute Gasteiger partial charge is 1.00 e. The third kappa shape index (κ3) is 7.35. The van der Waals surface area contributed by atoms with Crippen LogP contribution in [0, 0.1) is 0 Å². The van der Waals surface area contributed by atoms with Crippen molar-refractivity contribution < 1.29 is 17.3 Å². The van der Waals surface area contributed by atoms with Gasteiger partial charge in [0.2, 0.25) is 0 Å². The van der Waals surface area contributed by atoms with E-state index < -0.39 is 0 Å². The van der Waals surface area contributed by atoms with Gasteiger partial charge in [0.05, 0.1) is 14.1 Å². The molecule has 1 rings (SSSR count). The molecule has 0 aliphatic carbocycles. The number of hydrogen-bond acceptors (Lipinski definition) is 0. The van der Waals surface area contributed by atoms with Crippen LogP contribution < -0.4 is 17.3 Å². The lowest BCUT2D eigenvalue weighted by Crippen LogP contribution is -3.12. The summed E-state index contributed by atoms with van der Waals surface area (Å²) in [7, 11) is 4.31. The quantitative estimate of drug-likeness (QED) is 0.354. The van der Waals surface area contributed by atoms with Crippen LogP contribution in [0.25, 0.3) is 0 Å². The van der Waals surface area contributed by atoms with Crippen molar-refractivity contribution >= 4 is 11.6 Å². The average Bonchev–Trinajstić information content (AvgIpc) is 2.50. The predicted molar refractivity (Wildman–Crippen MR) is 94.0 cm³/mol. The highest BCUT2D eigenvalue weighted by molar-refractivity contribution is 6.22. The molecule has 0 aromatic heterocycles. The van der Waals surface area contributed by atoms with E-state index in [1.54, 1.807) is 0 Å². The zero-order valence-corrected chi connectivity index (χ0v) is 16.0. The summed E-state index contributed by atoms with van der Waals surface area (Å²) < 4.78 is 0. The van der Waals surface area contributed by atoms with Gasteiger partial charge >= 0.3 is 0 Å². The highest BCUT2D eigenvalue weighted by Gasteiger charge is 2.35. The monoisotopic (exact) mass is 345 g/mol. The SMILES string of the molecule is CCCCCCCCCCC(Cl)(c1ccccc1)[NH+](C)C.[Cl-]. The Hall–Kier alpha value is -0.240. The minimum Gasteiger partial charge on any atom is -1.00 e. The lowest BCUT2D eigenvalue weighted by atomic mass is 9.98. The number of halogens is 2. The maximum Gasteiger partial charge on any atom is 0.198 e.